The fourth-order valence-electron chi connectivity index (χ4n) is 4.20. The van der Waals surface area contributed by atoms with Crippen molar-refractivity contribution in [2.75, 3.05) is 5.75 Å². The van der Waals surface area contributed by atoms with Gasteiger partial charge in [0.25, 0.3) is 0 Å². The molecule has 36 heavy (non-hydrogen) atoms. The van der Waals surface area contributed by atoms with Crippen LogP contribution in [0.5, 0.6) is 11.5 Å². The average molecular weight is 509 g/mol. The minimum absolute atomic E-state index is 0.0419. The lowest BCUT2D eigenvalue weighted by atomic mass is 10.0. The van der Waals surface area contributed by atoms with Gasteiger partial charge in [0.1, 0.15) is 24.7 Å². The van der Waals surface area contributed by atoms with Crippen LogP contribution in [0, 0.1) is 18.6 Å². The van der Waals surface area contributed by atoms with Gasteiger partial charge in [0.15, 0.2) is 11.6 Å². The molecule has 0 amide bonds. The van der Waals surface area contributed by atoms with Gasteiger partial charge in [-0.3, -0.25) is 9.78 Å². The van der Waals surface area contributed by atoms with E-state index in [4.69, 9.17) is 14.6 Å². The molecule has 0 fully saturated rings. The molecule has 1 unspecified atom stereocenters. The summed E-state index contributed by atoms with van der Waals surface area (Å²) in [6.07, 6.45) is 1.76. The lowest BCUT2D eigenvalue weighted by Gasteiger charge is -2.20. The molecule has 1 aliphatic heterocycles. The second-order valence-corrected chi connectivity index (χ2v) is 9.64. The number of fused-ring (bicyclic) bond motifs is 3. The Morgan fingerprint density at radius 1 is 1.17 bits per heavy atom. The predicted molar refractivity (Wildman–Crippen MR) is 132 cm³/mol. The minimum atomic E-state index is -0.948. The largest absolute Gasteiger partial charge is 0.487 e. The predicted octanol–water partition coefficient (Wildman–Crippen LogP) is 5.99. The zero-order valence-electron chi connectivity index (χ0n) is 19.3. The Bertz CT molecular complexity index is 1460. The molecule has 5 rings (SSSR count). The van der Waals surface area contributed by atoms with Crippen molar-refractivity contribution in [3.63, 3.8) is 0 Å². The summed E-state index contributed by atoms with van der Waals surface area (Å²) in [5.41, 5.74) is 4.47. The van der Waals surface area contributed by atoms with Crippen LogP contribution in [-0.2, 0) is 18.0 Å². The zero-order valence-corrected chi connectivity index (χ0v) is 20.1. The summed E-state index contributed by atoms with van der Waals surface area (Å²) in [4.78, 5) is 20.0. The van der Waals surface area contributed by atoms with Gasteiger partial charge in [0.2, 0.25) is 0 Å². The van der Waals surface area contributed by atoms with E-state index in [9.17, 15) is 13.6 Å². The van der Waals surface area contributed by atoms with Crippen LogP contribution in [0.1, 0.15) is 39.7 Å². The van der Waals surface area contributed by atoms with E-state index in [0.29, 0.717) is 34.7 Å². The number of carboxylic acid groups (broad SMARTS) is 1. The highest BCUT2D eigenvalue weighted by Crippen LogP contribution is 2.46. The van der Waals surface area contributed by atoms with Crippen molar-refractivity contribution >= 4 is 28.6 Å². The zero-order chi connectivity index (χ0) is 25.2. The Morgan fingerprint density at radius 2 is 2.00 bits per heavy atom. The summed E-state index contributed by atoms with van der Waals surface area (Å²) in [5.74, 6) is -0.958. The summed E-state index contributed by atoms with van der Waals surface area (Å²) in [5, 5.41) is 9.46. The molecule has 1 atom stereocenters. The molecule has 1 aliphatic rings. The number of aryl methyl sites for hydroxylation is 1. The number of rotatable bonds is 7. The highest BCUT2D eigenvalue weighted by molar-refractivity contribution is 7.99. The third-order valence-electron chi connectivity index (χ3n) is 5.90. The lowest BCUT2D eigenvalue weighted by molar-refractivity contribution is -0.136. The lowest BCUT2D eigenvalue weighted by Crippen LogP contribution is -2.05. The molecule has 6 nitrogen and oxygen atoms in total. The first kappa shape index (κ1) is 24.0. The second kappa shape index (κ2) is 10.1. The molecule has 9 heteroatoms. The Morgan fingerprint density at radius 3 is 2.83 bits per heavy atom. The number of ether oxygens (including phenoxy) is 2. The van der Waals surface area contributed by atoms with Gasteiger partial charge in [-0.2, -0.15) is 0 Å². The maximum atomic E-state index is 13.6. The number of carboxylic acids is 1. The van der Waals surface area contributed by atoms with E-state index in [0.717, 1.165) is 40.3 Å². The number of hydrogen-bond acceptors (Lipinski definition) is 6. The summed E-state index contributed by atoms with van der Waals surface area (Å²) in [6.45, 7) is 2.38. The standard InChI is InChI=1S/C27H22F2N2O4S/c1-15-9-18(34-13-17-5-4-16-10-21(28)22(29)12-23(16)31-17)11-20-26(15)35-14-24-19(3-2-7-30-24)27(20)36-8-6-25(32)33/h2-5,7,9-12,27H,6,8,13-14H2,1H3,(H,32,33). The van der Waals surface area contributed by atoms with Crippen LogP contribution in [-0.4, -0.2) is 26.8 Å². The van der Waals surface area contributed by atoms with Crippen LogP contribution in [0.25, 0.3) is 10.9 Å². The summed E-state index contributed by atoms with van der Waals surface area (Å²) in [7, 11) is 0. The molecule has 2 aromatic heterocycles. The molecule has 0 spiro atoms. The van der Waals surface area contributed by atoms with Crippen molar-refractivity contribution in [3.05, 3.63) is 94.4 Å². The van der Waals surface area contributed by atoms with E-state index in [1.165, 1.54) is 11.8 Å². The monoisotopic (exact) mass is 508 g/mol. The van der Waals surface area contributed by atoms with Gasteiger partial charge in [-0.15, -0.1) is 11.8 Å². The first-order valence-electron chi connectivity index (χ1n) is 11.3. The van der Waals surface area contributed by atoms with Crippen LogP contribution in [0.2, 0.25) is 0 Å². The van der Waals surface area contributed by atoms with Gasteiger partial charge in [-0.25, -0.2) is 13.8 Å². The number of hydrogen-bond donors (Lipinski definition) is 1. The number of aromatic nitrogens is 2. The first-order chi connectivity index (χ1) is 17.4. The maximum Gasteiger partial charge on any atom is 0.304 e. The molecule has 1 N–H and O–H groups in total. The Kier molecular flexibility index (Phi) is 6.73. The molecular weight excluding hydrogens is 486 g/mol. The maximum absolute atomic E-state index is 13.6. The van der Waals surface area contributed by atoms with Crippen LogP contribution in [0.15, 0.2) is 54.7 Å². The van der Waals surface area contributed by atoms with E-state index in [2.05, 4.69) is 9.97 Å². The number of halogens is 2. The van der Waals surface area contributed by atoms with Crippen molar-refractivity contribution < 1.29 is 28.2 Å². The summed E-state index contributed by atoms with van der Waals surface area (Å²) < 4.78 is 39.3. The SMILES string of the molecule is Cc1cc(OCc2ccc3cc(F)c(F)cc3n2)cc2c1OCc1ncccc1C2SCCC(=O)O. The number of thioether (sulfide) groups is 1. The van der Waals surface area contributed by atoms with Crippen LogP contribution in [0.3, 0.4) is 0 Å². The van der Waals surface area contributed by atoms with E-state index >= 15 is 0 Å². The van der Waals surface area contributed by atoms with Crippen molar-refractivity contribution in [1.29, 1.82) is 0 Å². The molecule has 0 radical (unpaired) electrons. The van der Waals surface area contributed by atoms with Crippen molar-refractivity contribution in [2.45, 2.75) is 31.8 Å². The van der Waals surface area contributed by atoms with E-state index in [1.54, 1.807) is 18.3 Å². The normalized spacial score (nSPS) is 14.5. The van der Waals surface area contributed by atoms with Crippen LogP contribution >= 0.6 is 11.8 Å². The van der Waals surface area contributed by atoms with Gasteiger partial charge in [-0.05, 0) is 48.4 Å². The highest BCUT2D eigenvalue weighted by atomic mass is 32.2. The quantitative estimate of drug-likeness (QED) is 0.329. The average Bonchev–Trinajstić information content (AvgIpc) is 3.01. The molecule has 0 saturated heterocycles. The molecule has 3 heterocycles. The third-order valence-corrected chi connectivity index (χ3v) is 7.18. The first-order valence-corrected chi connectivity index (χ1v) is 12.4. The Balaban J connectivity index is 1.44. The molecular formula is C27H22F2N2O4S. The smallest absolute Gasteiger partial charge is 0.304 e. The number of benzene rings is 2. The molecule has 4 aromatic rings. The number of carbonyl (C=O) groups is 1. The second-order valence-electron chi connectivity index (χ2n) is 8.43. The topological polar surface area (TPSA) is 81.5 Å². The van der Waals surface area contributed by atoms with Crippen LogP contribution in [0.4, 0.5) is 8.78 Å². The molecule has 0 aliphatic carbocycles. The molecule has 184 valence electrons. The minimum Gasteiger partial charge on any atom is -0.487 e. The summed E-state index contributed by atoms with van der Waals surface area (Å²) >= 11 is 1.53. The van der Waals surface area contributed by atoms with Gasteiger partial charge in [0.05, 0.1) is 28.6 Å². The van der Waals surface area contributed by atoms with Gasteiger partial charge >= 0.3 is 5.97 Å². The molecule has 2 aromatic carbocycles. The molecule has 0 saturated carbocycles. The van der Waals surface area contributed by atoms with E-state index in [1.807, 2.05) is 31.2 Å². The van der Waals surface area contributed by atoms with Gasteiger partial charge < -0.3 is 14.6 Å². The summed E-state index contributed by atoms with van der Waals surface area (Å²) in [6, 6.07) is 13.2. The fraction of sp³-hybridized carbons (Fsp3) is 0.222. The Labute approximate surface area is 210 Å². The number of pyridine rings is 2. The van der Waals surface area contributed by atoms with Crippen molar-refractivity contribution in [2.24, 2.45) is 0 Å². The number of aliphatic carboxylic acids is 1. The molecule has 0 bridgehead atoms. The third kappa shape index (κ3) is 4.97. The Hall–Kier alpha value is -3.72. The fourth-order valence-corrected chi connectivity index (χ4v) is 5.48. The highest BCUT2D eigenvalue weighted by Gasteiger charge is 2.28. The van der Waals surface area contributed by atoms with E-state index in [-0.39, 0.29) is 18.3 Å². The van der Waals surface area contributed by atoms with Crippen molar-refractivity contribution in [1.82, 2.24) is 9.97 Å². The van der Waals surface area contributed by atoms with Crippen LogP contribution < -0.4 is 9.47 Å². The van der Waals surface area contributed by atoms with Gasteiger partial charge in [-0.1, -0.05) is 12.1 Å². The number of nitrogens with zero attached hydrogens (tertiary/aromatic N) is 2. The van der Waals surface area contributed by atoms with Crippen molar-refractivity contribution in [3.8, 4) is 11.5 Å². The van der Waals surface area contributed by atoms with E-state index < -0.39 is 17.6 Å². The van der Waals surface area contributed by atoms with Gasteiger partial charge in [0, 0.05) is 29.0 Å².